The minimum Gasteiger partial charge on any atom is -0.481 e. The molecule has 1 N–H and O–H groups in total. The lowest BCUT2D eigenvalue weighted by molar-refractivity contribution is -0.142. The predicted molar refractivity (Wildman–Crippen MR) is 95.0 cm³/mol. The smallest absolute Gasteiger partial charge is 0.313 e. The van der Waals surface area contributed by atoms with Crippen LogP contribution >= 0.6 is 0 Å². The van der Waals surface area contributed by atoms with Crippen LogP contribution < -0.4 is 0 Å². The molecule has 2 rings (SSSR count). The molecule has 0 atom stereocenters. The highest BCUT2D eigenvalue weighted by Crippen LogP contribution is 2.04. The number of ketones is 2. The van der Waals surface area contributed by atoms with Crippen LogP contribution in [-0.4, -0.2) is 35.2 Å². The number of esters is 1. The average Bonchev–Trinajstić information content (AvgIpc) is 2.63. The molecule has 0 heterocycles. The van der Waals surface area contributed by atoms with Gasteiger partial charge in [0.1, 0.15) is 12.8 Å². The van der Waals surface area contributed by atoms with Gasteiger partial charge < -0.3 is 9.84 Å². The Hall–Kier alpha value is -3.28. The Morgan fingerprint density at radius 3 is 1.58 bits per heavy atom. The lowest BCUT2D eigenvalue weighted by Crippen LogP contribution is -2.11. The molecule has 0 fully saturated rings. The number of hydrogen-bond donors (Lipinski definition) is 1. The first-order chi connectivity index (χ1) is 12.4. The van der Waals surface area contributed by atoms with Gasteiger partial charge in [-0.2, -0.15) is 0 Å². The predicted octanol–water partition coefficient (Wildman–Crippen LogP) is 3.17. The lowest BCUT2D eigenvalue weighted by atomic mass is 10.1. The number of carboxylic acid groups (broad SMARTS) is 1. The van der Waals surface area contributed by atoms with Gasteiger partial charge in [0.15, 0.2) is 11.6 Å². The molecule has 6 nitrogen and oxygen atoms in total. The quantitative estimate of drug-likeness (QED) is 0.465. The number of aliphatic carboxylic acids is 1. The lowest BCUT2D eigenvalue weighted by Gasteiger charge is -2.00. The van der Waals surface area contributed by atoms with Gasteiger partial charge >= 0.3 is 11.9 Å². The molecular formula is C20H20O6. The van der Waals surface area contributed by atoms with Gasteiger partial charge in [0.25, 0.3) is 0 Å². The summed E-state index contributed by atoms with van der Waals surface area (Å²) in [5.74, 6) is -2.13. The highest BCUT2D eigenvalue weighted by atomic mass is 16.5. The Kier molecular flexibility index (Phi) is 9.03. The van der Waals surface area contributed by atoms with Gasteiger partial charge in [-0.25, -0.2) is 0 Å². The highest BCUT2D eigenvalue weighted by Gasteiger charge is 2.11. The fourth-order valence-electron chi connectivity index (χ4n) is 1.93. The number of hydrogen-bond acceptors (Lipinski definition) is 5. The van der Waals surface area contributed by atoms with E-state index in [1.165, 1.54) is 0 Å². The van der Waals surface area contributed by atoms with E-state index in [1.807, 2.05) is 6.07 Å². The number of Topliss-reactive ketones (excluding diaryl/α,β-unsaturated/α-hetero) is 2. The standard InChI is InChI=1S/C11H12O3.C9H8O3/c1-2-14-11(13)8-10(12)9-6-4-3-5-7-9;10-8(6-9(11)12)7-4-2-1-3-5-7/h3-7H,2,8H2,1H3;1-5H,6H2,(H,11,12). The van der Waals surface area contributed by atoms with Gasteiger partial charge in [-0.1, -0.05) is 60.7 Å². The van der Waals surface area contributed by atoms with Crippen LogP contribution in [0.2, 0.25) is 0 Å². The van der Waals surface area contributed by atoms with Crippen molar-refractivity contribution >= 4 is 23.5 Å². The summed E-state index contributed by atoms with van der Waals surface area (Å²) in [7, 11) is 0. The topological polar surface area (TPSA) is 97.7 Å². The normalized spacial score (nSPS) is 9.42. The first-order valence-electron chi connectivity index (χ1n) is 7.98. The molecular weight excluding hydrogens is 336 g/mol. The van der Waals surface area contributed by atoms with E-state index >= 15 is 0 Å². The van der Waals surface area contributed by atoms with Crippen molar-refractivity contribution < 1.29 is 29.0 Å². The second kappa shape index (κ2) is 11.3. The van der Waals surface area contributed by atoms with Gasteiger partial charge in [0, 0.05) is 11.1 Å². The van der Waals surface area contributed by atoms with E-state index in [1.54, 1.807) is 61.5 Å². The summed E-state index contributed by atoms with van der Waals surface area (Å²) in [5, 5.41) is 8.32. The molecule has 0 radical (unpaired) electrons. The first kappa shape index (κ1) is 20.8. The molecule has 0 saturated carbocycles. The maximum Gasteiger partial charge on any atom is 0.313 e. The van der Waals surface area contributed by atoms with Crippen molar-refractivity contribution in [2.24, 2.45) is 0 Å². The van der Waals surface area contributed by atoms with Crippen LogP contribution in [0.3, 0.4) is 0 Å². The number of carboxylic acids is 1. The number of carbonyl (C=O) groups is 4. The van der Waals surface area contributed by atoms with E-state index in [9.17, 15) is 19.2 Å². The summed E-state index contributed by atoms with van der Waals surface area (Å²) in [6, 6.07) is 17.1. The molecule has 2 aromatic carbocycles. The summed E-state index contributed by atoms with van der Waals surface area (Å²) in [6.45, 7) is 2.02. The summed E-state index contributed by atoms with van der Waals surface area (Å²) >= 11 is 0. The Morgan fingerprint density at radius 1 is 0.769 bits per heavy atom. The van der Waals surface area contributed by atoms with Gasteiger partial charge in [-0.15, -0.1) is 0 Å². The van der Waals surface area contributed by atoms with Crippen molar-refractivity contribution in [1.82, 2.24) is 0 Å². The van der Waals surface area contributed by atoms with Crippen molar-refractivity contribution in [2.45, 2.75) is 19.8 Å². The van der Waals surface area contributed by atoms with Crippen molar-refractivity contribution in [2.75, 3.05) is 6.61 Å². The molecule has 136 valence electrons. The molecule has 0 aromatic heterocycles. The van der Waals surface area contributed by atoms with Gasteiger partial charge in [0.05, 0.1) is 6.61 Å². The third-order valence-corrected chi connectivity index (χ3v) is 3.11. The highest BCUT2D eigenvalue weighted by molar-refractivity contribution is 6.06. The Balaban J connectivity index is 0.000000263. The van der Waals surface area contributed by atoms with Crippen LogP contribution in [0.5, 0.6) is 0 Å². The van der Waals surface area contributed by atoms with Crippen LogP contribution in [0.4, 0.5) is 0 Å². The largest absolute Gasteiger partial charge is 0.481 e. The van der Waals surface area contributed by atoms with Crippen molar-refractivity contribution in [3.63, 3.8) is 0 Å². The summed E-state index contributed by atoms with van der Waals surface area (Å²) in [5.41, 5.74) is 0.987. The molecule has 0 aliphatic rings. The molecule has 0 spiro atoms. The molecule has 0 saturated heterocycles. The zero-order valence-corrected chi connectivity index (χ0v) is 14.4. The fourth-order valence-corrected chi connectivity index (χ4v) is 1.93. The van der Waals surface area contributed by atoms with Gasteiger partial charge in [0.2, 0.25) is 0 Å². The zero-order valence-electron chi connectivity index (χ0n) is 14.4. The minimum absolute atomic E-state index is 0.183. The van der Waals surface area contributed by atoms with E-state index in [-0.39, 0.29) is 18.0 Å². The van der Waals surface area contributed by atoms with Crippen molar-refractivity contribution in [3.05, 3.63) is 71.8 Å². The monoisotopic (exact) mass is 356 g/mol. The van der Waals surface area contributed by atoms with Crippen LogP contribution in [0.1, 0.15) is 40.5 Å². The van der Waals surface area contributed by atoms with E-state index in [2.05, 4.69) is 4.74 Å². The van der Waals surface area contributed by atoms with Crippen molar-refractivity contribution in [3.8, 4) is 0 Å². The molecule has 0 bridgehead atoms. The molecule has 26 heavy (non-hydrogen) atoms. The summed E-state index contributed by atoms with van der Waals surface area (Å²) in [6.07, 6.45) is -0.623. The molecule has 0 aliphatic heterocycles. The summed E-state index contributed by atoms with van der Waals surface area (Å²) < 4.78 is 4.67. The van der Waals surface area contributed by atoms with E-state index in [0.717, 1.165) is 0 Å². The van der Waals surface area contributed by atoms with Crippen LogP contribution in [0.15, 0.2) is 60.7 Å². The Bertz CT molecular complexity index is 737. The minimum atomic E-state index is -1.09. The summed E-state index contributed by atoms with van der Waals surface area (Å²) in [4.78, 5) is 43.6. The van der Waals surface area contributed by atoms with Crippen LogP contribution in [-0.2, 0) is 14.3 Å². The van der Waals surface area contributed by atoms with E-state index in [0.29, 0.717) is 17.7 Å². The SMILES string of the molecule is CCOC(=O)CC(=O)c1ccccc1.O=C(O)CC(=O)c1ccccc1. The van der Waals surface area contributed by atoms with Crippen LogP contribution in [0, 0.1) is 0 Å². The third kappa shape index (κ3) is 8.01. The second-order valence-corrected chi connectivity index (χ2v) is 5.13. The molecule has 0 aliphatic carbocycles. The third-order valence-electron chi connectivity index (χ3n) is 3.11. The average molecular weight is 356 g/mol. The van der Waals surface area contributed by atoms with Gasteiger partial charge in [-0.05, 0) is 6.92 Å². The zero-order chi connectivity index (χ0) is 19.4. The fraction of sp³-hybridized carbons (Fsp3) is 0.200. The number of rotatable bonds is 7. The first-order valence-corrected chi connectivity index (χ1v) is 7.98. The number of carbonyl (C=O) groups excluding carboxylic acids is 3. The number of ether oxygens (including phenoxy) is 1. The molecule has 6 heteroatoms. The van der Waals surface area contributed by atoms with Crippen LogP contribution in [0.25, 0.3) is 0 Å². The Morgan fingerprint density at radius 2 is 1.19 bits per heavy atom. The maximum atomic E-state index is 11.4. The van der Waals surface area contributed by atoms with Crippen molar-refractivity contribution in [1.29, 1.82) is 0 Å². The number of benzene rings is 2. The maximum absolute atomic E-state index is 11.4. The molecule has 2 aromatic rings. The second-order valence-electron chi connectivity index (χ2n) is 5.13. The van der Waals surface area contributed by atoms with Gasteiger partial charge in [-0.3, -0.25) is 19.2 Å². The molecule has 0 amide bonds. The Labute approximate surface area is 151 Å². The molecule has 0 unspecified atom stereocenters. The van der Waals surface area contributed by atoms with E-state index in [4.69, 9.17) is 5.11 Å². The van der Waals surface area contributed by atoms with E-state index < -0.39 is 18.4 Å².